The summed E-state index contributed by atoms with van der Waals surface area (Å²) in [5.74, 6) is -0.493. The zero-order chi connectivity index (χ0) is 16.1. The topological polar surface area (TPSA) is 55.8 Å². The molecule has 0 aromatic carbocycles. The molecule has 0 aromatic rings. The van der Waals surface area contributed by atoms with Crippen molar-refractivity contribution in [3.8, 4) is 0 Å². The van der Waals surface area contributed by atoms with E-state index in [0.29, 0.717) is 25.6 Å². The second kappa shape index (κ2) is 5.37. The van der Waals surface area contributed by atoms with Crippen molar-refractivity contribution in [2.75, 3.05) is 19.7 Å². The number of hydrogen-bond acceptors (Lipinski definition) is 4. The third-order valence-electron chi connectivity index (χ3n) is 4.60. The van der Waals surface area contributed by atoms with Crippen molar-refractivity contribution in [3.63, 3.8) is 0 Å². The lowest BCUT2D eigenvalue weighted by Gasteiger charge is -2.23. The molecule has 2 bridgehead atoms. The summed E-state index contributed by atoms with van der Waals surface area (Å²) in [7, 11) is 0. The van der Waals surface area contributed by atoms with Gasteiger partial charge in [-0.3, -0.25) is 9.59 Å². The molecule has 3 aliphatic rings. The molecule has 0 N–H and O–H groups in total. The Morgan fingerprint density at radius 3 is 2.77 bits per heavy atom. The normalized spacial score (nSPS) is 35.8. The van der Waals surface area contributed by atoms with Crippen LogP contribution in [0, 0.1) is 23.7 Å². The Bertz CT molecular complexity index is 513. The zero-order valence-corrected chi connectivity index (χ0v) is 13.7. The average Bonchev–Trinajstić information content (AvgIpc) is 3.04. The highest BCUT2D eigenvalue weighted by Crippen LogP contribution is 2.52. The molecule has 4 atom stereocenters. The summed E-state index contributed by atoms with van der Waals surface area (Å²) >= 11 is 0. The van der Waals surface area contributed by atoms with Crippen molar-refractivity contribution in [1.82, 2.24) is 4.90 Å². The van der Waals surface area contributed by atoms with E-state index in [2.05, 4.69) is 13.8 Å². The molecule has 3 rings (SSSR count). The number of likely N-dealkylation sites (tertiary alicyclic amines) is 1. The molecular weight excluding hydrogens is 282 g/mol. The van der Waals surface area contributed by atoms with Gasteiger partial charge < -0.3 is 14.4 Å². The summed E-state index contributed by atoms with van der Waals surface area (Å²) in [6.07, 6.45) is 3.59. The predicted octanol–water partition coefficient (Wildman–Crippen LogP) is 1.62. The first-order chi connectivity index (χ1) is 10.3. The van der Waals surface area contributed by atoms with Gasteiger partial charge in [-0.25, -0.2) is 0 Å². The zero-order valence-electron chi connectivity index (χ0n) is 13.7. The Morgan fingerprint density at radius 2 is 2.14 bits per heavy atom. The van der Waals surface area contributed by atoms with Crippen molar-refractivity contribution in [3.05, 3.63) is 12.2 Å². The van der Waals surface area contributed by atoms with Crippen LogP contribution >= 0.6 is 0 Å². The lowest BCUT2D eigenvalue weighted by molar-refractivity contribution is -0.154. The van der Waals surface area contributed by atoms with Crippen LogP contribution in [-0.2, 0) is 19.1 Å². The number of esters is 1. The van der Waals surface area contributed by atoms with Crippen LogP contribution < -0.4 is 0 Å². The summed E-state index contributed by atoms with van der Waals surface area (Å²) in [6.45, 7) is 9.80. The maximum atomic E-state index is 12.8. The summed E-state index contributed by atoms with van der Waals surface area (Å²) in [5, 5.41) is 0. The second-order valence-electron chi connectivity index (χ2n) is 7.54. The molecule has 3 aliphatic heterocycles. The van der Waals surface area contributed by atoms with Crippen LogP contribution in [0.2, 0.25) is 0 Å². The third-order valence-corrected chi connectivity index (χ3v) is 4.60. The molecule has 0 aromatic heterocycles. The van der Waals surface area contributed by atoms with Gasteiger partial charge in [-0.2, -0.15) is 0 Å². The van der Waals surface area contributed by atoms with E-state index in [9.17, 15) is 9.59 Å². The maximum absolute atomic E-state index is 12.8. The van der Waals surface area contributed by atoms with Gasteiger partial charge in [0, 0.05) is 6.54 Å². The summed E-state index contributed by atoms with van der Waals surface area (Å²) in [4.78, 5) is 27.0. The Morgan fingerprint density at radius 1 is 1.41 bits per heavy atom. The molecule has 1 amide bonds. The first-order valence-electron chi connectivity index (χ1n) is 8.16. The monoisotopic (exact) mass is 307 g/mol. The van der Waals surface area contributed by atoms with Gasteiger partial charge in [0.05, 0.1) is 25.2 Å². The molecular formula is C17H25NO4. The third kappa shape index (κ3) is 2.35. The highest BCUT2D eigenvalue weighted by molar-refractivity contribution is 5.91. The summed E-state index contributed by atoms with van der Waals surface area (Å²) < 4.78 is 11.4. The molecule has 0 unspecified atom stereocenters. The van der Waals surface area contributed by atoms with Gasteiger partial charge in [-0.15, -0.1) is 0 Å². The first-order valence-corrected chi connectivity index (χ1v) is 8.16. The number of ether oxygens (including phenoxy) is 2. The van der Waals surface area contributed by atoms with Crippen molar-refractivity contribution in [2.24, 2.45) is 23.7 Å². The van der Waals surface area contributed by atoms with Gasteiger partial charge in [-0.05, 0) is 11.8 Å². The Hall–Kier alpha value is -1.36. The van der Waals surface area contributed by atoms with Crippen LogP contribution in [0.25, 0.3) is 0 Å². The minimum atomic E-state index is -0.613. The number of rotatable bonds is 5. The minimum Gasteiger partial charge on any atom is -0.465 e. The molecule has 5 nitrogen and oxygen atoms in total. The van der Waals surface area contributed by atoms with Crippen LogP contribution in [0.15, 0.2) is 12.2 Å². The molecule has 122 valence electrons. The van der Waals surface area contributed by atoms with E-state index in [1.165, 1.54) is 0 Å². The highest BCUT2D eigenvalue weighted by Gasteiger charge is 2.67. The van der Waals surface area contributed by atoms with E-state index in [0.717, 1.165) is 0 Å². The molecule has 2 saturated heterocycles. The number of amides is 1. The van der Waals surface area contributed by atoms with Crippen LogP contribution in [-0.4, -0.2) is 48.2 Å². The van der Waals surface area contributed by atoms with Crippen LogP contribution in [0.5, 0.6) is 0 Å². The lowest BCUT2D eigenvalue weighted by atomic mass is 9.77. The maximum Gasteiger partial charge on any atom is 0.312 e. The molecule has 5 heteroatoms. The highest BCUT2D eigenvalue weighted by atomic mass is 16.6. The lowest BCUT2D eigenvalue weighted by Crippen LogP contribution is -2.40. The molecule has 0 radical (unpaired) electrons. The molecule has 0 aliphatic carbocycles. The predicted molar refractivity (Wildman–Crippen MR) is 80.9 cm³/mol. The van der Waals surface area contributed by atoms with Gasteiger partial charge in [0.2, 0.25) is 5.91 Å². The van der Waals surface area contributed by atoms with Gasteiger partial charge in [0.1, 0.15) is 11.5 Å². The van der Waals surface area contributed by atoms with Gasteiger partial charge >= 0.3 is 5.97 Å². The van der Waals surface area contributed by atoms with E-state index < -0.39 is 17.4 Å². The molecule has 22 heavy (non-hydrogen) atoms. The van der Waals surface area contributed by atoms with Gasteiger partial charge in [0.15, 0.2) is 0 Å². The van der Waals surface area contributed by atoms with E-state index in [4.69, 9.17) is 9.47 Å². The Labute approximate surface area is 131 Å². The van der Waals surface area contributed by atoms with Crippen molar-refractivity contribution >= 4 is 11.9 Å². The Kier molecular flexibility index (Phi) is 3.79. The fourth-order valence-corrected chi connectivity index (χ4v) is 3.79. The van der Waals surface area contributed by atoms with Crippen LogP contribution in [0.4, 0.5) is 0 Å². The number of carbonyl (C=O) groups is 2. The largest absolute Gasteiger partial charge is 0.465 e. The summed E-state index contributed by atoms with van der Waals surface area (Å²) in [6, 6.07) is 0. The quantitative estimate of drug-likeness (QED) is 0.572. The van der Waals surface area contributed by atoms with Gasteiger partial charge in [0.25, 0.3) is 0 Å². The number of fused-ring (bicyclic) bond motifs is 1. The average molecular weight is 307 g/mol. The van der Waals surface area contributed by atoms with Crippen molar-refractivity contribution < 1.29 is 19.1 Å². The number of nitrogens with zero attached hydrogens (tertiary/aromatic N) is 1. The SMILES string of the molecule is CC(C)COC(=O)[C@@H]1[C@H]2C=C[C@@]3(CN(CC(C)C)C(=O)[C@@H]13)O2. The Balaban J connectivity index is 1.79. The van der Waals surface area contributed by atoms with E-state index in [1.54, 1.807) is 0 Å². The summed E-state index contributed by atoms with van der Waals surface area (Å²) in [5.41, 5.74) is -0.613. The first kappa shape index (κ1) is 15.5. The van der Waals surface area contributed by atoms with E-state index >= 15 is 0 Å². The van der Waals surface area contributed by atoms with E-state index in [-0.39, 0.29) is 23.9 Å². The number of hydrogen-bond donors (Lipinski definition) is 0. The fraction of sp³-hybridized carbons (Fsp3) is 0.765. The smallest absolute Gasteiger partial charge is 0.312 e. The van der Waals surface area contributed by atoms with E-state index in [1.807, 2.05) is 30.9 Å². The standard InChI is InChI=1S/C17H25NO4/c1-10(2)7-18-9-17-6-5-12(22-17)13(14(17)15(18)19)16(20)21-8-11(3)4/h5-6,10-14H,7-9H2,1-4H3/t12-,13-,14-,17+/m1/s1. The van der Waals surface area contributed by atoms with Gasteiger partial charge in [-0.1, -0.05) is 39.8 Å². The van der Waals surface area contributed by atoms with Crippen molar-refractivity contribution in [2.45, 2.75) is 39.4 Å². The van der Waals surface area contributed by atoms with Crippen LogP contribution in [0.1, 0.15) is 27.7 Å². The van der Waals surface area contributed by atoms with Crippen molar-refractivity contribution in [1.29, 1.82) is 0 Å². The van der Waals surface area contributed by atoms with Crippen LogP contribution in [0.3, 0.4) is 0 Å². The fourth-order valence-electron chi connectivity index (χ4n) is 3.79. The molecule has 2 fully saturated rings. The minimum absolute atomic E-state index is 0.0343. The number of carbonyl (C=O) groups excluding carboxylic acids is 2. The molecule has 1 spiro atoms. The molecule has 3 heterocycles. The second-order valence-corrected chi connectivity index (χ2v) is 7.54. The molecule has 0 saturated carbocycles.